The molecule has 0 bridgehead atoms. The Morgan fingerprint density at radius 2 is 1.90 bits per heavy atom. The van der Waals surface area contributed by atoms with Crippen LogP contribution in [0, 0.1) is 0 Å². The smallest absolute Gasteiger partial charge is 0.466 e. The van der Waals surface area contributed by atoms with Gasteiger partial charge in [-0.05, 0) is 56.1 Å². The van der Waals surface area contributed by atoms with Crippen LogP contribution in [0.25, 0.3) is 0 Å². The molecule has 0 aliphatic heterocycles. The van der Waals surface area contributed by atoms with Crippen molar-refractivity contribution in [2.24, 2.45) is 0 Å². The lowest BCUT2D eigenvalue weighted by Gasteiger charge is -2.12. The molecule has 1 aromatic carbocycles. The molecule has 108 valence electrons. The van der Waals surface area contributed by atoms with Gasteiger partial charge in [-0.3, -0.25) is 0 Å². The van der Waals surface area contributed by atoms with Crippen molar-refractivity contribution >= 4 is 37.5 Å². The van der Waals surface area contributed by atoms with Crippen LogP contribution in [0.3, 0.4) is 0 Å². The summed E-state index contributed by atoms with van der Waals surface area (Å²) in [6.07, 6.45) is -3.17. The summed E-state index contributed by atoms with van der Waals surface area (Å²) < 4.78 is 46.5. The third-order valence-electron chi connectivity index (χ3n) is 2.30. The lowest BCUT2D eigenvalue weighted by Crippen LogP contribution is -2.17. The van der Waals surface area contributed by atoms with Crippen molar-refractivity contribution in [3.63, 3.8) is 0 Å². The van der Waals surface area contributed by atoms with Crippen LogP contribution in [0.15, 0.2) is 43.9 Å². The van der Waals surface area contributed by atoms with E-state index in [9.17, 15) is 13.2 Å². The molecule has 2 rings (SSSR count). The fourth-order valence-electron chi connectivity index (χ4n) is 1.45. The summed E-state index contributed by atoms with van der Waals surface area (Å²) in [4.78, 5) is 0. The molecule has 2 aromatic rings. The van der Waals surface area contributed by atoms with Crippen LogP contribution in [0.1, 0.15) is 5.76 Å². The second-order valence-corrected chi connectivity index (χ2v) is 5.45. The molecule has 1 N–H and O–H groups in total. The normalized spacial score (nSPS) is 11.4. The number of hydrogen-bond donors (Lipinski definition) is 1. The van der Waals surface area contributed by atoms with Gasteiger partial charge in [-0.2, -0.15) is 0 Å². The molecule has 0 aliphatic carbocycles. The van der Waals surface area contributed by atoms with Gasteiger partial charge in [-0.1, -0.05) is 0 Å². The molecule has 0 radical (unpaired) electrons. The highest BCUT2D eigenvalue weighted by Gasteiger charge is 2.31. The molecule has 0 amide bonds. The van der Waals surface area contributed by atoms with Crippen LogP contribution in [0.4, 0.5) is 18.9 Å². The first-order valence-corrected chi connectivity index (χ1v) is 6.95. The van der Waals surface area contributed by atoms with Crippen LogP contribution in [0.2, 0.25) is 0 Å². The molecule has 0 fully saturated rings. The monoisotopic (exact) mass is 413 g/mol. The number of halogens is 5. The average Bonchev–Trinajstić information content (AvgIpc) is 2.74. The second kappa shape index (κ2) is 6.09. The molecule has 1 aromatic heterocycles. The molecule has 0 spiro atoms. The molecule has 0 unspecified atom stereocenters. The third-order valence-corrected chi connectivity index (χ3v) is 3.63. The topological polar surface area (TPSA) is 34.4 Å². The minimum atomic E-state index is -4.71. The van der Waals surface area contributed by atoms with Gasteiger partial charge in [0.2, 0.25) is 0 Å². The zero-order chi connectivity index (χ0) is 14.8. The van der Waals surface area contributed by atoms with E-state index in [0.717, 1.165) is 4.47 Å². The SMILES string of the molecule is FC(F)(F)Oc1ccc(NCc2occc2Br)cc1Br. The molecule has 0 aliphatic rings. The summed E-state index contributed by atoms with van der Waals surface area (Å²) in [7, 11) is 0. The number of benzene rings is 1. The highest BCUT2D eigenvalue weighted by Crippen LogP contribution is 2.32. The number of ether oxygens (including phenoxy) is 1. The van der Waals surface area contributed by atoms with E-state index >= 15 is 0 Å². The van der Waals surface area contributed by atoms with Gasteiger partial charge in [0.15, 0.2) is 0 Å². The highest BCUT2D eigenvalue weighted by molar-refractivity contribution is 9.10. The standard InChI is InChI=1S/C12H8Br2F3NO2/c13-8-3-4-19-11(8)6-18-7-1-2-10(9(14)5-7)20-12(15,16)17/h1-5,18H,6H2. The van der Waals surface area contributed by atoms with Crippen molar-refractivity contribution in [2.75, 3.05) is 5.32 Å². The zero-order valence-electron chi connectivity index (χ0n) is 9.80. The highest BCUT2D eigenvalue weighted by atomic mass is 79.9. The van der Waals surface area contributed by atoms with Crippen LogP contribution in [-0.2, 0) is 6.54 Å². The van der Waals surface area contributed by atoms with Crippen molar-refractivity contribution in [3.8, 4) is 5.75 Å². The van der Waals surface area contributed by atoms with Gasteiger partial charge in [0.05, 0.1) is 21.8 Å². The lowest BCUT2D eigenvalue weighted by molar-refractivity contribution is -0.274. The maximum atomic E-state index is 12.1. The molecule has 0 saturated heterocycles. The van der Waals surface area contributed by atoms with E-state index in [4.69, 9.17) is 4.42 Å². The minimum absolute atomic E-state index is 0.207. The predicted octanol–water partition coefficient (Wildman–Crippen LogP) is 5.32. The van der Waals surface area contributed by atoms with Crippen molar-refractivity contribution in [1.82, 2.24) is 0 Å². The van der Waals surface area contributed by atoms with Crippen molar-refractivity contribution in [3.05, 3.63) is 45.2 Å². The van der Waals surface area contributed by atoms with Crippen LogP contribution < -0.4 is 10.1 Å². The van der Waals surface area contributed by atoms with Crippen molar-refractivity contribution in [1.29, 1.82) is 0 Å². The van der Waals surface area contributed by atoms with E-state index < -0.39 is 6.36 Å². The molecule has 1 heterocycles. The molecule has 3 nitrogen and oxygen atoms in total. The summed E-state index contributed by atoms with van der Waals surface area (Å²) >= 11 is 6.35. The average molecular weight is 415 g/mol. The molecular weight excluding hydrogens is 407 g/mol. The van der Waals surface area contributed by atoms with E-state index in [-0.39, 0.29) is 10.2 Å². The molecule has 0 saturated carbocycles. The Morgan fingerprint density at radius 1 is 1.15 bits per heavy atom. The predicted molar refractivity (Wildman–Crippen MR) is 74.6 cm³/mol. The summed E-state index contributed by atoms with van der Waals surface area (Å²) in [6.45, 7) is 0.402. The van der Waals surface area contributed by atoms with Gasteiger partial charge in [0, 0.05) is 5.69 Å². The van der Waals surface area contributed by atoms with E-state index in [1.54, 1.807) is 6.07 Å². The molecule has 20 heavy (non-hydrogen) atoms. The van der Waals surface area contributed by atoms with E-state index in [2.05, 4.69) is 41.9 Å². The summed E-state index contributed by atoms with van der Waals surface area (Å²) in [5, 5.41) is 3.03. The number of hydrogen-bond acceptors (Lipinski definition) is 3. The van der Waals surface area contributed by atoms with Gasteiger partial charge >= 0.3 is 6.36 Å². The van der Waals surface area contributed by atoms with Crippen molar-refractivity contribution in [2.45, 2.75) is 12.9 Å². The van der Waals surface area contributed by atoms with Crippen LogP contribution in [0.5, 0.6) is 5.75 Å². The van der Waals surface area contributed by atoms with E-state index in [1.165, 1.54) is 24.5 Å². The maximum absolute atomic E-state index is 12.1. The molecular formula is C12H8Br2F3NO2. The first-order chi connectivity index (χ1) is 9.35. The van der Waals surface area contributed by atoms with Crippen molar-refractivity contribution < 1.29 is 22.3 Å². The maximum Gasteiger partial charge on any atom is 0.573 e. The van der Waals surface area contributed by atoms with Gasteiger partial charge in [-0.25, -0.2) is 0 Å². The Kier molecular flexibility index (Phi) is 4.64. The molecule has 8 heteroatoms. The Hall–Kier alpha value is -1.15. The van der Waals surface area contributed by atoms with Gasteiger partial charge < -0.3 is 14.5 Å². The van der Waals surface area contributed by atoms with Gasteiger partial charge in [-0.15, -0.1) is 13.2 Å². The number of rotatable bonds is 4. The summed E-state index contributed by atoms with van der Waals surface area (Å²) in [5.74, 6) is 0.402. The lowest BCUT2D eigenvalue weighted by atomic mass is 10.3. The fraction of sp³-hybridized carbons (Fsp3) is 0.167. The van der Waals surface area contributed by atoms with E-state index in [1.807, 2.05) is 0 Å². The Labute approximate surface area is 129 Å². The largest absolute Gasteiger partial charge is 0.573 e. The Balaban J connectivity index is 2.04. The van der Waals surface area contributed by atoms with E-state index in [0.29, 0.717) is 18.0 Å². The summed E-state index contributed by atoms with van der Waals surface area (Å²) in [6, 6.07) is 5.98. The van der Waals surface area contributed by atoms with Crippen LogP contribution in [-0.4, -0.2) is 6.36 Å². The summed E-state index contributed by atoms with van der Waals surface area (Å²) in [5.41, 5.74) is 0.634. The fourth-order valence-corrected chi connectivity index (χ4v) is 2.25. The molecule has 0 atom stereocenters. The van der Waals surface area contributed by atoms with Crippen LogP contribution >= 0.6 is 31.9 Å². The Bertz CT molecular complexity index is 599. The van der Waals surface area contributed by atoms with Gasteiger partial charge in [0.25, 0.3) is 0 Å². The quantitative estimate of drug-likeness (QED) is 0.735. The number of alkyl halides is 3. The third kappa shape index (κ3) is 4.17. The minimum Gasteiger partial charge on any atom is -0.466 e. The van der Waals surface area contributed by atoms with Gasteiger partial charge in [0.1, 0.15) is 11.5 Å². The second-order valence-electron chi connectivity index (χ2n) is 3.74. The Morgan fingerprint density at radius 3 is 2.45 bits per heavy atom. The zero-order valence-corrected chi connectivity index (χ0v) is 13.0. The first kappa shape index (κ1) is 15.2. The first-order valence-electron chi connectivity index (χ1n) is 5.36. The number of nitrogens with one attached hydrogen (secondary N) is 1. The number of anilines is 1. The number of furan rings is 1.